The second-order valence-corrected chi connectivity index (χ2v) is 8.70. The largest absolute Gasteiger partial charge is 0.478 e. The van der Waals surface area contributed by atoms with Gasteiger partial charge in [0.25, 0.3) is 0 Å². The minimum Gasteiger partial charge on any atom is -0.478 e. The van der Waals surface area contributed by atoms with Gasteiger partial charge < -0.3 is 15.3 Å². The number of hydrogen-bond acceptors (Lipinski definition) is 5. The van der Waals surface area contributed by atoms with Gasteiger partial charge in [-0.05, 0) is 31.1 Å². The number of sulfonamides is 1. The highest BCUT2D eigenvalue weighted by molar-refractivity contribution is 7.89. The van der Waals surface area contributed by atoms with E-state index in [0.29, 0.717) is 19.3 Å². The topological polar surface area (TPSA) is 124 Å². The summed E-state index contributed by atoms with van der Waals surface area (Å²) in [5.74, 6) is -1.64. The number of aliphatic hydroxyl groups excluding tert-OH is 2. The van der Waals surface area contributed by atoms with Crippen molar-refractivity contribution in [3.63, 3.8) is 0 Å². The smallest absolute Gasteiger partial charge is 0.327 e. The van der Waals surface area contributed by atoms with Gasteiger partial charge in [-0.2, -0.15) is 0 Å². The van der Waals surface area contributed by atoms with Crippen molar-refractivity contribution in [1.29, 1.82) is 0 Å². The van der Waals surface area contributed by atoms with Crippen LogP contribution in [0.25, 0.3) is 0 Å². The van der Waals surface area contributed by atoms with E-state index in [-0.39, 0.29) is 36.5 Å². The standard InChI is InChI=1S/C17H31NO6S/c1-3-5-9-25(23,24)18-11-13-14(19)10-15(20)17(13)12(4-2)7-6-8-16(21)22/h6,8,12-15,17-20H,3-5,7,9-11H2,1-2H3,(H,21,22)/t12?,13-,14-,15?,17?/m1/s1. The lowest BCUT2D eigenvalue weighted by atomic mass is 9.79. The highest BCUT2D eigenvalue weighted by Gasteiger charge is 2.44. The van der Waals surface area contributed by atoms with Gasteiger partial charge in [0.1, 0.15) is 0 Å². The molecule has 5 atom stereocenters. The SMILES string of the molecule is CCCCS(=O)(=O)NC[C@H]1C(C(CC)CC=CC(=O)O)C(O)C[C@H]1O. The molecule has 0 aliphatic heterocycles. The second-order valence-electron chi connectivity index (χ2n) is 6.78. The third-order valence-electron chi connectivity index (χ3n) is 4.99. The number of carbonyl (C=O) groups is 1. The zero-order valence-corrected chi connectivity index (χ0v) is 15.8. The Morgan fingerprint density at radius 1 is 1.28 bits per heavy atom. The second kappa shape index (κ2) is 10.3. The lowest BCUT2D eigenvalue weighted by molar-refractivity contribution is -0.131. The first-order chi connectivity index (χ1) is 11.7. The van der Waals surface area contributed by atoms with Crippen LogP contribution in [0, 0.1) is 17.8 Å². The number of unbranched alkanes of at least 4 members (excludes halogenated alkanes) is 1. The maximum absolute atomic E-state index is 12.0. The summed E-state index contributed by atoms with van der Waals surface area (Å²) in [7, 11) is -3.39. The summed E-state index contributed by atoms with van der Waals surface area (Å²) in [6.45, 7) is 3.95. The highest BCUT2D eigenvalue weighted by Crippen LogP contribution is 2.40. The van der Waals surface area contributed by atoms with Crippen molar-refractivity contribution in [2.24, 2.45) is 17.8 Å². The van der Waals surface area contributed by atoms with Crippen LogP contribution in [-0.2, 0) is 14.8 Å². The van der Waals surface area contributed by atoms with Crippen LogP contribution in [0.4, 0.5) is 0 Å². The Bertz CT molecular complexity index is 547. The molecule has 0 bridgehead atoms. The fourth-order valence-electron chi connectivity index (χ4n) is 3.63. The molecule has 1 aliphatic carbocycles. The van der Waals surface area contributed by atoms with E-state index in [1.165, 1.54) is 0 Å². The maximum atomic E-state index is 12.0. The third kappa shape index (κ3) is 7.05. The van der Waals surface area contributed by atoms with Crippen molar-refractivity contribution in [1.82, 2.24) is 4.72 Å². The minimum absolute atomic E-state index is 0.0205. The Morgan fingerprint density at radius 2 is 1.96 bits per heavy atom. The fourth-order valence-corrected chi connectivity index (χ4v) is 4.89. The van der Waals surface area contributed by atoms with Crippen LogP contribution in [0.5, 0.6) is 0 Å². The molecule has 0 aromatic heterocycles. The molecule has 3 unspecified atom stereocenters. The van der Waals surface area contributed by atoms with E-state index >= 15 is 0 Å². The molecule has 0 spiro atoms. The molecule has 8 heteroatoms. The van der Waals surface area contributed by atoms with Gasteiger partial charge in [-0.1, -0.05) is 32.8 Å². The van der Waals surface area contributed by atoms with Crippen LogP contribution in [0.2, 0.25) is 0 Å². The highest BCUT2D eigenvalue weighted by atomic mass is 32.2. The number of nitrogens with one attached hydrogen (secondary N) is 1. The number of aliphatic hydroxyl groups is 2. The quantitative estimate of drug-likeness (QED) is 0.400. The monoisotopic (exact) mass is 377 g/mol. The number of hydrogen-bond donors (Lipinski definition) is 4. The lowest BCUT2D eigenvalue weighted by Crippen LogP contribution is -2.39. The van der Waals surface area contributed by atoms with Crippen molar-refractivity contribution in [3.05, 3.63) is 12.2 Å². The van der Waals surface area contributed by atoms with Crippen molar-refractivity contribution in [3.8, 4) is 0 Å². The predicted molar refractivity (Wildman–Crippen MR) is 95.5 cm³/mol. The van der Waals surface area contributed by atoms with Crippen LogP contribution in [0.3, 0.4) is 0 Å². The van der Waals surface area contributed by atoms with Gasteiger partial charge in [0, 0.05) is 18.5 Å². The van der Waals surface area contributed by atoms with E-state index in [9.17, 15) is 23.4 Å². The van der Waals surface area contributed by atoms with E-state index in [1.54, 1.807) is 6.08 Å². The fraction of sp³-hybridized carbons (Fsp3) is 0.824. The summed E-state index contributed by atoms with van der Waals surface area (Å²) in [4.78, 5) is 10.6. The molecule has 1 saturated carbocycles. The van der Waals surface area contributed by atoms with Gasteiger partial charge in [0.15, 0.2) is 0 Å². The van der Waals surface area contributed by atoms with Crippen molar-refractivity contribution >= 4 is 16.0 Å². The normalized spacial score (nSPS) is 28.5. The Kier molecular flexibility index (Phi) is 9.06. The van der Waals surface area contributed by atoms with Crippen molar-refractivity contribution in [2.75, 3.05) is 12.3 Å². The molecule has 0 aromatic rings. The number of rotatable bonds is 11. The van der Waals surface area contributed by atoms with Gasteiger partial charge in [-0.3, -0.25) is 0 Å². The van der Waals surface area contributed by atoms with Crippen LogP contribution in [0.1, 0.15) is 46.0 Å². The van der Waals surface area contributed by atoms with Crippen molar-refractivity contribution in [2.45, 2.75) is 58.2 Å². The van der Waals surface area contributed by atoms with E-state index in [1.807, 2.05) is 13.8 Å². The molecule has 1 rings (SSSR count). The molecular formula is C17H31NO6S. The minimum atomic E-state index is -3.39. The Morgan fingerprint density at radius 3 is 2.52 bits per heavy atom. The van der Waals surface area contributed by atoms with Gasteiger partial charge in [-0.25, -0.2) is 17.9 Å². The van der Waals surface area contributed by atoms with Crippen LogP contribution in [-0.4, -0.2) is 54.2 Å². The molecule has 1 fully saturated rings. The molecule has 0 radical (unpaired) electrons. The first-order valence-electron chi connectivity index (χ1n) is 8.94. The summed E-state index contributed by atoms with van der Waals surface area (Å²) in [6.07, 6.45) is 3.88. The van der Waals surface area contributed by atoms with E-state index in [4.69, 9.17) is 5.11 Å². The van der Waals surface area contributed by atoms with Gasteiger partial charge in [0.2, 0.25) is 10.0 Å². The zero-order valence-electron chi connectivity index (χ0n) is 15.0. The molecule has 7 nitrogen and oxygen atoms in total. The van der Waals surface area contributed by atoms with Gasteiger partial charge in [-0.15, -0.1) is 0 Å². The predicted octanol–water partition coefficient (Wildman–Crippen LogP) is 1.12. The van der Waals surface area contributed by atoms with Crippen LogP contribution in [0.15, 0.2) is 12.2 Å². The van der Waals surface area contributed by atoms with E-state index in [2.05, 4.69) is 4.72 Å². The first kappa shape index (κ1) is 22.1. The summed E-state index contributed by atoms with van der Waals surface area (Å²) >= 11 is 0. The number of allylic oxidation sites excluding steroid dienone is 1. The van der Waals surface area contributed by atoms with E-state index < -0.39 is 28.2 Å². The Hall–Kier alpha value is -0.960. The Labute approximate surface area is 150 Å². The molecule has 0 aromatic carbocycles. The number of carboxylic acid groups (broad SMARTS) is 1. The average molecular weight is 378 g/mol. The molecule has 1 aliphatic rings. The molecule has 25 heavy (non-hydrogen) atoms. The number of aliphatic carboxylic acids is 1. The zero-order chi connectivity index (χ0) is 19.0. The molecule has 0 heterocycles. The first-order valence-corrected chi connectivity index (χ1v) is 10.6. The third-order valence-corrected chi connectivity index (χ3v) is 6.42. The molecule has 0 amide bonds. The van der Waals surface area contributed by atoms with Crippen molar-refractivity contribution < 1.29 is 28.5 Å². The summed E-state index contributed by atoms with van der Waals surface area (Å²) in [5, 5.41) is 29.3. The van der Waals surface area contributed by atoms with Crippen LogP contribution >= 0.6 is 0 Å². The lowest BCUT2D eigenvalue weighted by Gasteiger charge is -2.30. The molecule has 146 valence electrons. The maximum Gasteiger partial charge on any atom is 0.327 e. The molecule has 0 saturated heterocycles. The average Bonchev–Trinajstić information content (AvgIpc) is 2.81. The Balaban J connectivity index is 2.78. The number of carboxylic acids is 1. The summed E-state index contributed by atoms with van der Waals surface area (Å²) in [5.41, 5.74) is 0. The molecular weight excluding hydrogens is 346 g/mol. The van der Waals surface area contributed by atoms with Gasteiger partial charge >= 0.3 is 5.97 Å². The van der Waals surface area contributed by atoms with E-state index in [0.717, 1.165) is 12.5 Å². The summed E-state index contributed by atoms with van der Waals surface area (Å²) in [6, 6.07) is 0. The van der Waals surface area contributed by atoms with Crippen LogP contribution < -0.4 is 4.72 Å². The summed E-state index contributed by atoms with van der Waals surface area (Å²) < 4.78 is 26.6. The molecule has 4 N–H and O–H groups in total. The van der Waals surface area contributed by atoms with Gasteiger partial charge in [0.05, 0.1) is 18.0 Å².